The maximum absolute atomic E-state index is 12.3. The van der Waals surface area contributed by atoms with Gasteiger partial charge in [0.05, 0.1) is 11.8 Å². The molecular weight excluding hydrogens is 239 g/mol. The number of benzene rings is 1. The Labute approximate surface area is 93.0 Å². The topological polar surface area (TPSA) is 33.1 Å². The SMILES string of the molecule is Oc1cnc(-c2ccc(C(F)(F)F)cc2)s1. The average Bonchev–Trinajstić information content (AvgIpc) is 2.64. The van der Waals surface area contributed by atoms with Crippen LogP contribution >= 0.6 is 11.3 Å². The number of nitrogens with zero attached hydrogens (tertiary/aromatic N) is 1. The summed E-state index contributed by atoms with van der Waals surface area (Å²) in [4.78, 5) is 3.87. The van der Waals surface area contributed by atoms with Crippen LogP contribution in [0.25, 0.3) is 10.6 Å². The van der Waals surface area contributed by atoms with Gasteiger partial charge in [0.1, 0.15) is 5.01 Å². The molecular formula is C10H6F3NOS. The number of hydrogen-bond acceptors (Lipinski definition) is 3. The molecule has 2 rings (SSSR count). The third-order valence-electron chi connectivity index (χ3n) is 1.95. The molecule has 1 N–H and O–H groups in total. The fourth-order valence-electron chi connectivity index (χ4n) is 1.20. The van der Waals surface area contributed by atoms with Gasteiger partial charge in [-0.3, -0.25) is 0 Å². The lowest BCUT2D eigenvalue weighted by molar-refractivity contribution is -0.137. The van der Waals surface area contributed by atoms with Gasteiger partial charge >= 0.3 is 6.18 Å². The zero-order valence-corrected chi connectivity index (χ0v) is 8.64. The van der Waals surface area contributed by atoms with Crippen LogP contribution in [0, 0.1) is 0 Å². The lowest BCUT2D eigenvalue weighted by Crippen LogP contribution is -2.03. The van der Waals surface area contributed by atoms with E-state index in [0.29, 0.717) is 10.6 Å². The van der Waals surface area contributed by atoms with Crippen LogP contribution < -0.4 is 0 Å². The first-order valence-electron chi connectivity index (χ1n) is 4.29. The van der Waals surface area contributed by atoms with Crippen molar-refractivity contribution < 1.29 is 18.3 Å². The standard InChI is InChI=1S/C10H6F3NOS/c11-10(12,13)7-3-1-6(2-4-7)9-14-5-8(15)16-9/h1-5,15H. The number of rotatable bonds is 1. The molecule has 0 saturated heterocycles. The third-order valence-corrected chi connectivity index (χ3v) is 2.80. The third kappa shape index (κ3) is 2.16. The second kappa shape index (κ2) is 3.79. The minimum Gasteiger partial charge on any atom is -0.498 e. The number of aromatic hydroxyl groups is 1. The van der Waals surface area contributed by atoms with Crippen molar-refractivity contribution in [3.05, 3.63) is 36.0 Å². The van der Waals surface area contributed by atoms with E-state index in [1.165, 1.54) is 18.3 Å². The summed E-state index contributed by atoms with van der Waals surface area (Å²) in [5.41, 5.74) is -0.143. The maximum atomic E-state index is 12.3. The van der Waals surface area contributed by atoms with Gasteiger partial charge in [-0.2, -0.15) is 13.2 Å². The van der Waals surface area contributed by atoms with Gasteiger partial charge in [0.25, 0.3) is 0 Å². The van der Waals surface area contributed by atoms with Gasteiger partial charge in [0, 0.05) is 5.56 Å². The molecule has 0 aliphatic carbocycles. The molecule has 0 spiro atoms. The zero-order valence-electron chi connectivity index (χ0n) is 7.82. The molecule has 2 nitrogen and oxygen atoms in total. The van der Waals surface area contributed by atoms with Crippen molar-refractivity contribution >= 4 is 11.3 Å². The predicted molar refractivity (Wildman–Crippen MR) is 54.2 cm³/mol. The van der Waals surface area contributed by atoms with Crippen molar-refractivity contribution in [2.75, 3.05) is 0 Å². The summed E-state index contributed by atoms with van der Waals surface area (Å²) in [6, 6.07) is 4.66. The van der Waals surface area contributed by atoms with E-state index in [-0.39, 0.29) is 5.06 Å². The Morgan fingerprint density at radius 3 is 2.19 bits per heavy atom. The maximum Gasteiger partial charge on any atom is 0.416 e. The monoisotopic (exact) mass is 245 g/mol. The number of alkyl halides is 3. The summed E-state index contributed by atoms with van der Waals surface area (Å²) in [7, 11) is 0. The van der Waals surface area contributed by atoms with Gasteiger partial charge in [0.15, 0.2) is 5.06 Å². The molecule has 0 amide bonds. The molecule has 0 bridgehead atoms. The van der Waals surface area contributed by atoms with Crippen LogP contribution in [0.2, 0.25) is 0 Å². The summed E-state index contributed by atoms with van der Waals surface area (Å²) in [5.74, 6) is 0. The Balaban J connectivity index is 2.33. The highest BCUT2D eigenvalue weighted by molar-refractivity contribution is 7.16. The normalized spacial score (nSPS) is 11.7. The molecule has 0 atom stereocenters. The predicted octanol–water partition coefficient (Wildman–Crippen LogP) is 3.53. The molecule has 0 radical (unpaired) electrons. The molecule has 2 aromatic rings. The Kier molecular flexibility index (Phi) is 2.59. The summed E-state index contributed by atoms with van der Waals surface area (Å²) >= 11 is 1.02. The lowest BCUT2D eigenvalue weighted by atomic mass is 10.1. The second-order valence-corrected chi connectivity index (χ2v) is 4.09. The molecule has 0 fully saturated rings. The Morgan fingerprint density at radius 2 is 1.75 bits per heavy atom. The molecule has 0 saturated carbocycles. The molecule has 1 aromatic carbocycles. The van der Waals surface area contributed by atoms with E-state index in [1.54, 1.807) is 0 Å². The summed E-state index contributed by atoms with van der Waals surface area (Å²) in [6.45, 7) is 0. The highest BCUT2D eigenvalue weighted by Crippen LogP contribution is 2.33. The molecule has 0 aliphatic heterocycles. The fraction of sp³-hybridized carbons (Fsp3) is 0.100. The van der Waals surface area contributed by atoms with Crippen LogP contribution in [0.3, 0.4) is 0 Å². The van der Waals surface area contributed by atoms with Gasteiger partial charge < -0.3 is 5.11 Å². The van der Waals surface area contributed by atoms with Crippen LogP contribution in [-0.4, -0.2) is 10.1 Å². The van der Waals surface area contributed by atoms with Crippen LogP contribution in [0.15, 0.2) is 30.5 Å². The van der Waals surface area contributed by atoms with Crippen molar-refractivity contribution in [1.29, 1.82) is 0 Å². The number of hydrogen-bond donors (Lipinski definition) is 1. The van der Waals surface area contributed by atoms with Crippen molar-refractivity contribution in [2.45, 2.75) is 6.18 Å². The quantitative estimate of drug-likeness (QED) is 0.833. The van der Waals surface area contributed by atoms with Gasteiger partial charge in [0.2, 0.25) is 0 Å². The minimum absolute atomic E-state index is 0.0369. The van der Waals surface area contributed by atoms with Crippen molar-refractivity contribution in [2.24, 2.45) is 0 Å². The first-order valence-corrected chi connectivity index (χ1v) is 5.11. The van der Waals surface area contributed by atoms with E-state index in [1.807, 2.05) is 0 Å². The Hall–Kier alpha value is -1.56. The fourth-order valence-corrected chi connectivity index (χ4v) is 1.86. The highest BCUT2D eigenvalue weighted by atomic mass is 32.1. The van der Waals surface area contributed by atoms with Gasteiger partial charge in [-0.1, -0.05) is 23.5 Å². The molecule has 0 aliphatic rings. The second-order valence-electron chi connectivity index (χ2n) is 3.08. The van der Waals surface area contributed by atoms with Gasteiger partial charge in [-0.05, 0) is 12.1 Å². The van der Waals surface area contributed by atoms with Crippen LogP contribution in [-0.2, 0) is 6.18 Å². The molecule has 6 heteroatoms. The van der Waals surface area contributed by atoms with Crippen LogP contribution in [0.5, 0.6) is 5.06 Å². The van der Waals surface area contributed by atoms with Crippen LogP contribution in [0.1, 0.15) is 5.56 Å². The summed E-state index contributed by atoms with van der Waals surface area (Å²) in [6.07, 6.45) is -3.07. The van der Waals surface area contributed by atoms with Crippen molar-refractivity contribution in [1.82, 2.24) is 4.98 Å². The van der Waals surface area contributed by atoms with E-state index in [4.69, 9.17) is 5.11 Å². The Bertz CT molecular complexity index is 490. The van der Waals surface area contributed by atoms with E-state index >= 15 is 0 Å². The van der Waals surface area contributed by atoms with E-state index < -0.39 is 11.7 Å². The Morgan fingerprint density at radius 1 is 1.12 bits per heavy atom. The summed E-state index contributed by atoms with van der Waals surface area (Å²) < 4.78 is 36.8. The van der Waals surface area contributed by atoms with Crippen LogP contribution in [0.4, 0.5) is 13.2 Å². The van der Waals surface area contributed by atoms with Gasteiger partial charge in [-0.25, -0.2) is 4.98 Å². The number of aromatic nitrogens is 1. The average molecular weight is 245 g/mol. The van der Waals surface area contributed by atoms with Gasteiger partial charge in [-0.15, -0.1) is 0 Å². The zero-order chi connectivity index (χ0) is 11.8. The van der Waals surface area contributed by atoms with Crippen molar-refractivity contribution in [3.8, 4) is 15.6 Å². The molecule has 1 heterocycles. The first kappa shape index (κ1) is 10.9. The molecule has 16 heavy (non-hydrogen) atoms. The largest absolute Gasteiger partial charge is 0.498 e. The molecule has 84 valence electrons. The van der Waals surface area contributed by atoms with E-state index in [9.17, 15) is 13.2 Å². The van der Waals surface area contributed by atoms with E-state index in [0.717, 1.165) is 23.5 Å². The molecule has 1 aromatic heterocycles. The first-order chi connectivity index (χ1) is 7.47. The van der Waals surface area contributed by atoms with Crippen molar-refractivity contribution in [3.63, 3.8) is 0 Å². The number of halogens is 3. The molecule has 0 unspecified atom stereocenters. The highest BCUT2D eigenvalue weighted by Gasteiger charge is 2.30. The number of thiazole rings is 1. The van der Waals surface area contributed by atoms with E-state index in [2.05, 4.69) is 4.98 Å². The smallest absolute Gasteiger partial charge is 0.416 e. The minimum atomic E-state index is -4.33. The summed E-state index contributed by atoms with van der Waals surface area (Å²) in [5, 5.41) is 9.60. The lowest BCUT2D eigenvalue weighted by Gasteiger charge is -2.06.